The molecule has 0 aromatic rings. The van der Waals surface area contributed by atoms with Crippen molar-refractivity contribution in [3.63, 3.8) is 0 Å². The third kappa shape index (κ3) is 19.2. The minimum absolute atomic E-state index is 0.0284. The third-order valence-electron chi connectivity index (χ3n) is 2.14. The van der Waals surface area contributed by atoms with Crippen molar-refractivity contribution in [2.45, 2.75) is 0 Å². The van der Waals surface area contributed by atoms with Gasteiger partial charge in [0.25, 0.3) is 6.47 Å². The van der Waals surface area contributed by atoms with Gasteiger partial charge in [0.2, 0.25) is 0 Å². The molecule has 1 N–H and O–H groups in total. The predicted octanol–water partition coefficient (Wildman–Crippen LogP) is -0.765. The van der Waals surface area contributed by atoms with Crippen LogP contribution in [-0.2, 0) is 33.2 Å². The summed E-state index contributed by atoms with van der Waals surface area (Å²) in [5.74, 6) is 0. The van der Waals surface area contributed by atoms with Crippen molar-refractivity contribution < 1.29 is 38.3 Å². The largest absolute Gasteiger partial charge is 0.465 e. The van der Waals surface area contributed by atoms with Crippen LogP contribution in [0.5, 0.6) is 0 Å². The number of aliphatic hydroxyl groups excluding tert-OH is 1. The van der Waals surface area contributed by atoms with Crippen LogP contribution in [0.4, 0.5) is 0 Å². The van der Waals surface area contributed by atoms with Crippen molar-refractivity contribution in [1.29, 1.82) is 0 Å². The predicted molar refractivity (Wildman–Crippen MR) is 73.2 cm³/mol. The van der Waals surface area contributed by atoms with Crippen LogP contribution in [-0.4, -0.2) is 90.9 Å². The van der Waals surface area contributed by atoms with E-state index >= 15 is 0 Å². The number of hydrogen-bond acceptors (Lipinski definition) is 8. The smallest absolute Gasteiger partial charge is 0.293 e. The minimum Gasteiger partial charge on any atom is -0.465 e. The van der Waals surface area contributed by atoms with Crippen molar-refractivity contribution in [1.82, 2.24) is 0 Å². The maximum absolute atomic E-state index is 9.82. The van der Waals surface area contributed by atoms with E-state index in [-0.39, 0.29) is 13.2 Å². The van der Waals surface area contributed by atoms with E-state index in [0.717, 1.165) is 0 Å². The molecule has 0 amide bonds. The van der Waals surface area contributed by atoms with Crippen molar-refractivity contribution >= 4 is 6.47 Å². The average molecular weight is 310 g/mol. The molecule has 0 saturated carbocycles. The Balaban J connectivity index is 2.91. The van der Waals surface area contributed by atoms with Gasteiger partial charge in [-0.25, -0.2) is 0 Å². The first-order chi connectivity index (χ1) is 10.4. The van der Waals surface area contributed by atoms with Gasteiger partial charge < -0.3 is 33.5 Å². The Hall–Kier alpha value is -0.770. The molecule has 0 saturated heterocycles. The standard InChI is InChI=1S/C13H26O8/c14-1-2-16-3-4-17-5-6-18-7-8-19-9-10-20-11-12-21-13-15/h13-14H,1-12H2. The quantitative estimate of drug-likeness (QED) is 0.261. The van der Waals surface area contributed by atoms with E-state index in [2.05, 4.69) is 4.74 Å². The summed E-state index contributed by atoms with van der Waals surface area (Å²) in [6.45, 7) is 5.29. The topological polar surface area (TPSA) is 92.7 Å². The van der Waals surface area contributed by atoms with Crippen LogP contribution in [0.1, 0.15) is 0 Å². The molecule has 8 heteroatoms. The highest BCUT2D eigenvalue weighted by Crippen LogP contribution is 1.84. The van der Waals surface area contributed by atoms with Gasteiger partial charge in [-0.2, -0.15) is 0 Å². The second-order valence-electron chi connectivity index (χ2n) is 3.75. The lowest BCUT2D eigenvalue weighted by Crippen LogP contribution is -2.14. The molecule has 8 nitrogen and oxygen atoms in total. The summed E-state index contributed by atoms with van der Waals surface area (Å²) in [5, 5.41) is 8.47. The summed E-state index contributed by atoms with van der Waals surface area (Å²) in [6, 6.07) is 0. The lowest BCUT2D eigenvalue weighted by atomic mass is 10.7. The first kappa shape index (κ1) is 20.2. The number of hydrogen-bond donors (Lipinski definition) is 1. The molecule has 0 aliphatic heterocycles. The van der Waals surface area contributed by atoms with Gasteiger partial charge in [0.15, 0.2) is 0 Å². The maximum Gasteiger partial charge on any atom is 0.293 e. The second-order valence-corrected chi connectivity index (χ2v) is 3.75. The van der Waals surface area contributed by atoms with Gasteiger partial charge in [0.05, 0.1) is 72.7 Å². The molecule has 0 spiro atoms. The van der Waals surface area contributed by atoms with Crippen LogP contribution in [0.15, 0.2) is 0 Å². The van der Waals surface area contributed by atoms with Gasteiger partial charge in [0, 0.05) is 0 Å². The number of ether oxygens (including phenoxy) is 6. The van der Waals surface area contributed by atoms with Crippen molar-refractivity contribution in [3.8, 4) is 0 Å². The number of aliphatic hydroxyl groups is 1. The molecule has 0 aromatic carbocycles. The molecule has 0 aromatic heterocycles. The first-order valence-electron chi connectivity index (χ1n) is 6.96. The molecular weight excluding hydrogens is 284 g/mol. The Kier molecular flexibility index (Phi) is 18.5. The third-order valence-corrected chi connectivity index (χ3v) is 2.14. The Bertz CT molecular complexity index is 203. The Morgan fingerprint density at radius 2 is 0.905 bits per heavy atom. The lowest BCUT2D eigenvalue weighted by Gasteiger charge is -2.07. The van der Waals surface area contributed by atoms with Gasteiger partial charge in [-0.3, -0.25) is 4.79 Å². The number of rotatable bonds is 18. The SMILES string of the molecule is O=COCCOCCOCCOCCOCCOCCO. The van der Waals surface area contributed by atoms with Crippen molar-refractivity contribution in [3.05, 3.63) is 0 Å². The van der Waals surface area contributed by atoms with Crippen LogP contribution in [0.2, 0.25) is 0 Å². The summed E-state index contributed by atoms with van der Waals surface area (Å²) in [5.41, 5.74) is 0. The van der Waals surface area contributed by atoms with E-state index in [1.54, 1.807) is 0 Å². The zero-order valence-electron chi connectivity index (χ0n) is 12.4. The molecule has 0 radical (unpaired) electrons. The molecule has 0 unspecified atom stereocenters. The normalized spacial score (nSPS) is 10.7. The Morgan fingerprint density at radius 3 is 1.24 bits per heavy atom. The molecule has 0 fully saturated rings. The van der Waals surface area contributed by atoms with Gasteiger partial charge >= 0.3 is 0 Å². The molecular formula is C13H26O8. The van der Waals surface area contributed by atoms with Gasteiger partial charge in [-0.15, -0.1) is 0 Å². The number of carbonyl (C=O) groups is 1. The molecule has 0 aliphatic rings. The summed E-state index contributed by atoms with van der Waals surface area (Å²) in [6.07, 6.45) is 0. The van der Waals surface area contributed by atoms with E-state index in [0.29, 0.717) is 72.5 Å². The fourth-order valence-electron chi connectivity index (χ4n) is 1.20. The molecule has 0 heterocycles. The van der Waals surface area contributed by atoms with E-state index in [9.17, 15) is 4.79 Å². The molecule has 0 bridgehead atoms. The summed E-state index contributed by atoms with van der Waals surface area (Å²) < 4.78 is 30.4. The van der Waals surface area contributed by atoms with Crippen LogP contribution in [0.25, 0.3) is 0 Å². The first-order valence-corrected chi connectivity index (χ1v) is 6.96. The van der Waals surface area contributed by atoms with Crippen LogP contribution in [0, 0.1) is 0 Å². The molecule has 0 rings (SSSR count). The monoisotopic (exact) mass is 310 g/mol. The fraction of sp³-hybridized carbons (Fsp3) is 0.923. The van der Waals surface area contributed by atoms with E-state index in [1.807, 2.05) is 0 Å². The highest BCUT2D eigenvalue weighted by Gasteiger charge is 1.93. The van der Waals surface area contributed by atoms with Gasteiger partial charge in [-0.1, -0.05) is 0 Å². The lowest BCUT2D eigenvalue weighted by molar-refractivity contribution is -0.130. The van der Waals surface area contributed by atoms with Crippen LogP contribution >= 0.6 is 0 Å². The Morgan fingerprint density at radius 1 is 0.571 bits per heavy atom. The molecule has 0 atom stereocenters. The fourth-order valence-corrected chi connectivity index (χ4v) is 1.20. The Labute approximate surface area is 125 Å². The van der Waals surface area contributed by atoms with Gasteiger partial charge in [-0.05, 0) is 0 Å². The van der Waals surface area contributed by atoms with Gasteiger partial charge in [0.1, 0.15) is 6.61 Å². The van der Waals surface area contributed by atoms with E-state index < -0.39 is 0 Å². The average Bonchev–Trinajstić information content (AvgIpc) is 2.50. The summed E-state index contributed by atoms with van der Waals surface area (Å²) in [4.78, 5) is 9.82. The molecule has 0 aliphatic carbocycles. The van der Waals surface area contributed by atoms with E-state index in [1.165, 1.54) is 0 Å². The van der Waals surface area contributed by atoms with Crippen molar-refractivity contribution in [2.75, 3.05) is 79.3 Å². The van der Waals surface area contributed by atoms with E-state index in [4.69, 9.17) is 28.8 Å². The zero-order valence-corrected chi connectivity index (χ0v) is 12.4. The molecule has 126 valence electrons. The summed E-state index contributed by atoms with van der Waals surface area (Å²) in [7, 11) is 0. The van der Waals surface area contributed by atoms with Crippen molar-refractivity contribution in [2.24, 2.45) is 0 Å². The summed E-state index contributed by atoms with van der Waals surface area (Å²) >= 11 is 0. The molecule has 21 heavy (non-hydrogen) atoms. The highest BCUT2D eigenvalue weighted by molar-refractivity contribution is 5.36. The minimum atomic E-state index is 0.0284. The van der Waals surface area contributed by atoms with Crippen LogP contribution in [0.3, 0.4) is 0 Å². The zero-order chi connectivity index (χ0) is 15.4. The highest BCUT2D eigenvalue weighted by atomic mass is 16.6. The number of carbonyl (C=O) groups excluding carboxylic acids is 1. The maximum atomic E-state index is 9.82. The van der Waals surface area contributed by atoms with Crippen LogP contribution < -0.4 is 0 Å². The second kappa shape index (κ2) is 19.2.